The van der Waals surface area contributed by atoms with Crippen LogP contribution in [-0.2, 0) is 6.42 Å². The highest BCUT2D eigenvalue weighted by atomic mass is 19.1. The van der Waals surface area contributed by atoms with Crippen LogP contribution in [0.3, 0.4) is 0 Å². The molecule has 114 valence electrons. The van der Waals surface area contributed by atoms with E-state index in [-0.39, 0.29) is 11.4 Å². The molecule has 2 aromatic heterocycles. The van der Waals surface area contributed by atoms with Crippen LogP contribution in [-0.4, -0.2) is 31.7 Å². The van der Waals surface area contributed by atoms with Gasteiger partial charge in [-0.05, 0) is 0 Å². The Morgan fingerprint density at radius 3 is 2.77 bits per heavy atom. The summed E-state index contributed by atoms with van der Waals surface area (Å²) < 4.78 is 35.4. The second kappa shape index (κ2) is 5.55. The number of halogens is 2. The number of methoxy groups -OCH3 is 1. The van der Waals surface area contributed by atoms with E-state index in [4.69, 9.17) is 4.74 Å². The molecule has 0 aliphatic carbocycles. The van der Waals surface area contributed by atoms with Crippen LogP contribution in [0.5, 0.6) is 5.75 Å². The first kappa shape index (κ1) is 14.2. The van der Waals surface area contributed by atoms with Crippen LogP contribution in [0.1, 0.15) is 12.7 Å². The first-order valence-electron chi connectivity index (χ1n) is 6.62. The molecule has 3 rings (SSSR count). The van der Waals surface area contributed by atoms with Crippen LogP contribution >= 0.6 is 0 Å². The minimum Gasteiger partial charge on any atom is -0.494 e. The molecule has 0 saturated heterocycles. The van der Waals surface area contributed by atoms with E-state index in [2.05, 4.69) is 15.3 Å². The molecule has 0 aliphatic heterocycles. The second-order valence-corrected chi connectivity index (χ2v) is 4.53. The van der Waals surface area contributed by atoms with Crippen molar-refractivity contribution < 1.29 is 13.5 Å². The Morgan fingerprint density at radius 1 is 1.23 bits per heavy atom. The summed E-state index contributed by atoms with van der Waals surface area (Å²) in [7, 11) is 1.27. The Morgan fingerprint density at radius 2 is 2.05 bits per heavy atom. The third kappa shape index (κ3) is 2.32. The molecule has 22 heavy (non-hydrogen) atoms. The number of hydrogen-bond donors (Lipinski definition) is 0. The Kier molecular flexibility index (Phi) is 3.58. The van der Waals surface area contributed by atoms with Gasteiger partial charge in [0.25, 0.3) is 0 Å². The number of benzene rings is 1. The summed E-state index contributed by atoms with van der Waals surface area (Å²) in [6.45, 7) is 1.96. The van der Waals surface area contributed by atoms with Gasteiger partial charge < -0.3 is 4.74 Å². The predicted octanol–water partition coefficient (Wildman–Crippen LogP) is 2.30. The van der Waals surface area contributed by atoms with Gasteiger partial charge in [0.1, 0.15) is 11.5 Å². The fourth-order valence-corrected chi connectivity index (χ4v) is 2.14. The molecule has 0 fully saturated rings. The lowest BCUT2D eigenvalue weighted by Gasteiger charge is -2.06. The summed E-state index contributed by atoms with van der Waals surface area (Å²) in [6, 6.07) is 1.99. The first-order chi connectivity index (χ1) is 10.6. The van der Waals surface area contributed by atoms with E-state index in [1.807, 2.05) is 6.92 Å². The standard InChI is InChI=1S/C14H13F2N5O/c1-3-13-17-4-5-20(13)14-8-21(19-18-14)11-6-10(16)12(22-2)7-9(11)15/h4-8H,3H2,1-2H3. The molecule has 0 atom stereocenters. The van der Waals surface area contributed by atoms with Gasteiger partial charge in [-0.25, -0.2) is 18.4 Å². The van der Waals surface area contributed by atoms with Crippen LogP contribution < -0.4 is 4.74 Å². The van der Waals surface area contributed by atoms with Gasteiger partial charge in [0.2, 0.25) is 0 Å². The van der Waals surface area contributed by atoms with Gasteiger partial charge in [-0.3, -0.25) is 4.57 Å². The van der Waals surface area contributed by atoms with E-state index >= 15 is 0 Å². The first-order valence-corrected chi connectivity index (χ1v) is 6.62. The average molecular weight is 305 g/mol. The average Bonchev–Trinajstić information content (AvgIpc) is 3.16. The molecular weight excluding hydrogens is 292 g/mol. The van der Waals surface area contributed by atoms with Gasteiger partial charge in [0.15, 0.2) is 23.2 Å². The SMILES string of the molecule is CCc1nccn1-c1cn(-c2cc(F)c(OC)cc2F)nn1. The molecule has 0 unspecified atom stereocenters. The summed E-state index contributed by atoms with van der Waals surface area (Å²) in [5, 5.41) is 7.82. The van der Waals surface area contributed by atoms with Crippen molar-refractivity contribution in [2.24, 2.45) is 0 Å². The molecule has 0 amide bonds. The largest absolute Gasteiger partial charge is 0.494 e. The maximum Gasteiger partial charge on any atom is 0.181 e. The van der Waals surface area contributed by atoms with Crippen LogP contribution in [0.4, 0.5) is 8.78 Å². The van der Waals surface area contributed by atoms with Gasteiger partial charge in [-0.1, -0.05) is 12.1 Å². The predicted molar refractivity (Wildman–Crippen MR) is 74.3 cm³/mol. The van der Waals surface area contributed by atoms with Gasteiger partial charge in [-0.15, -0.1) is 5.10 Å². The maximum absolute atomic E-state index is 14.0. The summed E-state index contributed by atoms with van der Waals surface area (Å²) in [5.74, 6) is -0.216. The fourth-order valence-electron chi connectivity index (χ4n) is 2.14. The number of aryl methyl sites for hydroxylation is 1. The lowest BCUT2D eigenvalue weighted by Crippen LogP contribution is -2.01. The summed E-state index contributed by atoms with van der Waals surface area (Å²) >= 11 is 0. The van der Waals surface area contributed by atoms with Crippen LogP contribution in [0.15, 0.2) is 30.7 Å². The Labute approximate surface area is 125 Å². The van der Waals surface area contributed by atoms with E-state index in [0.717, 1.165) is 18.0 Å². The van der Waals surface area contributed by atoms with Crippen molar-refractivity contribution in [1.82, 2.24) is 24.5 Å². The van der Waals surface area contributed by atoms with Crippen molar-refractivity contribution in [3.8, 4) is 17.3 Å². The minimum absolute atomic E-state index is 0.0461. The lowest BCUT2D eigenvalue weighted by atomic mass is 10.2. The fraction of sp³-hybridized carbons (Fsp3) is 0.214. The van der Waals surface area contributed by atoms with Crippen LogP contribution in [0, 0.1) is 11.6 Å². The quantitative estimate of drug-likeness (QED) is 0.742. The molecule has 6 nitrogen and oxygen atoms in total. The third-order valence-corrected chi connectivity index (χ3v) is 3.23. The number of nitrogens with zero attached hydrogens (tertiary/aromatic N) is 5. The molecular formula is C14H13F2N5O. The van der Waals surface area contributed by atoms with Crippen molar-refractivity contribution in [1.29, 1.82) is 0 Å². The Hall–Kier alpha value is -2.77. The zero-order valence-corrected chi connectivity index (χ0v) is 12.0. The van der Waals surface area contributed by atoms with Crippen molar-refractivity contribution in [2.75, 3.05) is 7.11 Å². The van der Waals surface area contributed by atoms with Crippen molar-refractivity contribution in [2.45, 2.75) is 13.3 Å². The topological polar surface area (TPSA) is 57.8 Å². The van der Waals surface area contributed by atoms with Crippen molar-refractivity contribution in [3.05, 3.63) is 48.2 Å². The van der Waals surface area contributed by atoms with Gasteiger partial charge >= 0.3 is 0 Å². The van der Waals surface area contributed by atoms with E-state index in [1.54, 1.807) is 17.0 Å². The number of ether oxygens (including phenoxy) is 1. The normalized spacial score (nSPS) is 10.9. The highest BCUT2D eigenvalue weighted by Crippen LogP contribution is 2.23. The van der Waals surface area contributed by atoms with E-state index in [1.165, 1.54) is 18.0 Å². The second-order valence-electron chi connectivity index (χ2n) is 4.53. The van der Waals surface area contributed by atoms with Crippen LogP contribution in [0.2, 0.25) is 0 Å². The van der Waals surface area contributed by atoms with Gasteiger partial charge in [0.05, 0.1) is 13.3 Å². The smallest absolute Gasteiger partial charge is 0.181 e. The molecule has 1 aromatic carbocycles. The summed E-state index contributed by atoms with van der Waals surface area (Å²) in [5.41, 5.74) is -0.0461. The molecule has 0 aliphatic rings. The molecule has 0 saturated carbocycles. The highest BCUT2D eigenvalue weighted by Gasteiger charge is 2.15. The Bertz CT molecular complexity index is 811. The summed E-state index contributed by atoms with van der Waals surface area (Å²) in [6.07, 6.45) is 5.60. The monoisotopic (exact) mass is 305 g/mol. The number of rotatable bonds is 4. The third-order valence-electron chi connectivity index (χ3n) is 3.23. The van der Waals surface area contributed by atoms with Crippen molar-refractivity contribution >= 4 is 0 Å². The molecule has 0 N–H and O–H groups in total. The van der Waals surface area contributed by atoms with Crippen molar-refractivity contribution in [3.63, 3.8) is 0 Å². The van der Waals surface area contributed by atoms with Gasteiger partial charge in [-0.2, -0.15) is 0 Å². The maximum atomic E-state index is 14.0. The van der Waals surface area contributed by atoms with Gasteiger partial charge in [0, 0.05) is 30.9 Å². The molecule has 8 heteroatoms. The zero-order chi connectivity index (χ0) is 15.7. The Balaban J connectivity index is 2.03. The van der Waals surface area contributed by atoms with E-state index in [9.17, 15) is 8.78 Å². The van der Waals surface area contributed by atoms with E-state index < -0.39 is 11.6 Å². The molecule has 2 heterocycles. The molecule has 0 bridgehead atoms. The minimum atomic E-state index is -0.673. The molecule has 0 spiro atoms. The number of imidazole rings is 1. The highest BCUT2D eigenvalue weighted by molar-refractivity contribution is 5.40. The zero-order valence-electron chi connectivity index (χ0n) is 12.0. The lowest BCUT2D eigenvalue weighted by molar-refractivity contribution is 0.382. The summed E-state index contributed by atoms with van der Waals surface area (Å²) in [4.78, 5) is 4.18. The van der Waals surface area contributed by atoms with E-state index in [0.29, 0.717) is 12.2 Å². The molecule has 3 aromatic rings. The number of aromatic nitrogens is 5. The van der Waals surface area contributed by atoms with Crippen LogP contribution in [0.25, 0.3) is 11.5 Å². The number of hydrogen-bond acceptors (Lipinski definition) is 4. The molecule has 0 radical (unpaired) electrons.